The molecule has 0 atom stereocenters. The van der Waals surface area contributed by atoms with E-state index in [9.17, 15) is 0 Å². The molecule has 0 unspecified atom stereocenters. The second-order valence-electron chi connectivity index (χ2n) is 4.80. The monoisotopic (exact) mass is 265 g/mol. The van der Waals surface area contributed by atoms with Gasteiger partial charge in [0, 0.05) is 13.1 Å². The van der Waals surface area contributed by atoms with Gasteiger partial charge in [-0.05, 0) is 25.7 Å². The molecule has 19 heavy (non-hydrogen) atoms. The molecule has 1 aliphatic rings. The van der Waals surface area contributed by atoms with Crippen LogP contribution < -0.4 is 15.4 Å². The Morgan fingerprint density at radius 2 is 1.84 bits per heavy atom. The Labute approximate surface area is 114 Å². The second-order valence-corrected chi connectivity index (χ2v) is 4.80. The molecule has 0 saturated heterocycles. The van der Waals surface area contributed by atoms with E-state index in [1.54, 1.807) is 0 Å². The smallest absolute Gasteiger partial charge is 0.323 e. The lowest BCUT2D eigenvalue weighted by Crippen LogP contribution is -2.12. The number of nitrogens with one attached hydrogen (secondary N) is 2. The lowest BCUT2D eigenvalue weighted by atomic mass is 10.3. The molecule has 1 fully saturated rings. The van der Waals surface area contributed by atoms with Gasteiger partial charge in [-0.15, -0.1) is 0 Å². The molecule has 2 N–H and O–H groups in total. The van der Waals surface area contributed by atoms with E-state index in [-0.39, 0.29) is 0 Å². The molecule has 1 aromatic heterocycles. The average molecular weight is 265 g/mol. The summed E-state index contributed by atoms with van der Waals surface area (Å²) >= 11 is 0. The maximum Gasteiger partial charge on any atom is 0.323 e. The number of nitrogens with zero attached hydrogens (tertiary/aromatic N) is 3. The summed E-state index contributed by atoms with van der Waals surface area (Å²) in [6.07, 6.45) is 4.86. The van der Waals surface area contributed by atoms with Crippen molar-refractivity contribution in [2.45, 2.75) is 39.5 Å². The zero-order valence-corrected chi connectivity index (χ0v) is 11.8. The van der Waals surface area contributed by atoms with Gasteiger partial charge in [0.1, 0.15) is 0 Å². The van der Waals surface area contributed by atoms with E-state index >= 15 is 0 Å². The molecule has 0 bridgehead atoms. The van der Waals surface area contributed by atoms with Crippen molar-refractivity contribution in [2.75, 3.05) is 30.3 Å². The van der Waals surface area contributed by atoms with Crippen LogP contribution in [0.2, 0.25) is 0 Å². The molecular weight excluding hydrogens is 242 g/mol. The van der Waals surface area contributed by atoms with Crippen LogP contribution in [-0.2, 0) is 0 Å². The van der Waals surface area contributed by atoms with Crippen molar-refractivity contribution in [3.63, 3.8) is 0 Å². The topological polar surface area (TPSA) is 72.0 Å². The molecule has 0 spiro atoms. The Bertz CT molecular complexity index is 395. The van der Waals surface area contributed by atoms with Crippen LogP contribution in [0.5, 0.6) is 6.01 Å². The predicted molar refractivity (Wildman–Crippen MR) is 75.6 cm³/mol. The SMILES string of the molecule is CCCOc1nc(NCC)nc(NCCC2CC2)n1. The standard InChI is InChI=1S/C13H23N5O/c1-3-9-19-13-17-11(14-4-2)16-12(18-13)15-8-7-10-5-6-10/h10H,3-9H2,1-2H3,(H2,14,15,16,17,18). The number of hydrogen-bond acceptors (Lipinski definition) is 6. The number of anilines is 2. The fourth-order valence-corrected chi connectivity index (χ4v) is 1.73. The number of rotatable bonds is 9. The summed E-state index contributed by atoms with van der Waals surface area (Å²) in [5, 5.41) is 6.34. The summed E-state index contributed by atoms with van der Waals surface area (Å²) in [5.41, 5.74) is 0. The highest BCUT2D eigenvalue weighted by Gasteiger charge is 2.20. The molecule has 0 aliphatic heterocycles. The van der Waals surface area contributed by atoms with Gasteiger partial charge in [-0.25, -0.2) is 0 Å². The first-order chi connectivity index (χ1) is 9.31. The highest BCUT2D eigenvalue weighted by atomic mass is 16.5. The van der Waals surface area contributed by atoms with Crippen LogP contribution in [0.1, 0.15) is 39.5 Å². The van der Waals surface area contributed by atoms with Crippen LogP contribution in [0.15, 0.2) is 0 Å². The van der Waals surface area contributed by atoms with Gasteiger partial charge in [0.25, 0.3) is 0 Å². The Morgan fingerprint density at radius 1 is 1.11 bits per heavy atom. The van der Waals surface area contributed by atoms with E-state index in [1.165, 1.54) is 19.3 Å². The van der Waals surface area contributed by atoms with Crippen molar-refractivity contribution in [3.05, 3.63) is 0 Å². The Balaban J connectivity index is 1.94. The molecule has 1 heterocycles. The van der Waals surface area contributed by atoms with Crippen molar-refractivity contribution in [1.29, 1.82) is 0 Å². The minimum atomic E-state index is 0.390. The van der Waals surface area contributed by atoms with Gasteiger partial charge in [0.05, 0.1) is 6.61 Å². The molecule has 106 valence electrons. The first kappa shape index (κ1) is 13.8. The quantitative estimate of drug-likeness (QED) is 0.714. The minimum absolute atomic E-state index is 0.390. The van der Waals surface area contributed by atoms with Crippen LogP contribution in [0.4, 0.5) is 11.9 Å². The summed E-state index contributed by atoms with van der Waals surface area (Å²) in [5.74, 6) is 2.06. The van der Waals surface area contributed by atoms with Crippen LogP contribution in [-0.4, -0.2) is 34.6 Å². The molecule has 0 amide bonds. The van der Waals surface area contributed by atoms with Gasteiger partial charge < -0.3 is 15.4 Å². The molecule has 6 nitrogen and oxygen atoms in total. The fraction of sp³-hybridized carbons (Fsp3) is 0.769. The van der Waals surface area contributed by atoms with Crippen molar-refractivity contribution in [1.82, 2.24) is 15.0 Å². The molecule has 1 saturated carbocycles. The number of hydrogen-bond donors (Lipinski definition) is 2. The minimum Gasteiger partial charge on any atom is -0.463 e. The van der Waals surface area contributed by atoms with E-state index in [4.69, 9.17) is 4.74 Å². The van der Waals surface area contributed by atoms with E-state index in [0.717, 1.165) is 25.4 Å². The fourth-order valence-electron chi connectivity index (χ4n) is 1.73. The van der Waals surface area contributed by atoms with Gasteiger partial charge in [-0.3, -0.25) is 0 Å². The van der Waals surface area contributed by atoms with Gasteiger partial charge in [-0.1, -0.05) is 19.8 Å². The van der Waals surface area contributed by atoms with E-state index in [0.29, 0.717) is 24.5 Å². The third-order valence-electron chi connectivity index (χ3n) is 2.92. The van der Waals surface area contributed by atoms with E-state index < -0.39 is 0 Å². The van der Waals surface area contributed by atoms with Crippen LogP contribution in [0.3, 0.4) is 0 Å². The zero-order valence-electron chi connectivity index (χ0n) is 11.8. The van der Waals surface area contributed by atoms with Gasteiger partial charge in [-0.2, -0.15) is 15.0 Å². The van der Waals surface area contributed by atoms with Gasteiger partial charge in [0.2, 0.25) is 11.9 Å². The van der Waals surface area contributed by atoms with E-state index in [1.807, 2.05) is 6.92 Å². The second kappa shape index (κ2) is 7.11. The molecule has 1 aliphatic carbocycles. The largest absolute Gasteiger partial charge is 0.463 e. The van der Waals surface area contributed by atoms with Crippen molar-refractivity contribution >= 4 is 11.9 Å². The molecule has 0 radical (unpaired) electrons. The Hall–Kier alpha value is -1.59. The summed E-state index contributed by atoms with van der Waals surface area (Å²) < 4.78 is 5.48. The molecule has 2 rings (SSSR count). The van der Waals surface area contributed by atoms with Crippen molar-refractivity contribution in [2.24, 2.45) is 5.92 Å². The molecule has 1 aromatic rings. The predicted octanol–water partition coefficient (Wildman–Crippen LogP) is 2.30. The maximum absolute atomic E-state index is 5.48. The van der Waals surface area contributed by atoms with E-state index in [2.05, 4.69) is 32.5 Å². The molecule has 6 heteroatoms. The van der Waals surface area contributed by atoms with Crippen LogP contribution >= 0.6 is 0 Å². The molecular formula is C13H23N5O. The lowest BCUT2D eigenvalue weighted by molar-refractivity contribution is 0.292. The third-order valence-corrected chi connectivity index (χ3v) is 2.92. The lowest BCUT2D eigenvalue weighted by Gasteiger charge is -2.09. The van der Waals surface area contributed by atoms with Crippen molar-refractivity contribution < 1.29 is 4.74 Å². The zero-order chi connectivity index (χ0) is 13.5. The van der Waals surface area contributed by atoms with Gasteiger partial charge >= 0.3 is 6.01 Å². The highest BCUT2D eigenvalue weighted by Crippen LogP contribution is 2.32. The summed E-state index contributed by atoms with van der Waals surface area (Å²) in [6, 6.07) is 0.390. The number of aromatic nitrogens is 3. The highest BCUT2D eigenvalue weighted by molar-refractivity contribution is 5.35. The Kier molecular flexibility index (Phi) is 5.18. The first-order valence-electron chi connectivity index (χ1n) is 7.18. The average Bonchev–Trinajstić information content (AvgIpc) is 3.21. The van der Waals surface area contributed by atoms with Crippen LogP contribution in [0.25, 0.3) is 0 Å². The Morgan fingerprint density at radius 3 is 2.47 bits per heavy atom. The summed E-state index contributed by atoms with van der Waals surface area (Å²) in [6.45, 7) is 6.38. The van der Waals surface area contributed by atoms with Crippen LogP contribution in [0, 0.1) is 5.92 Å². The van der Waals surface area contributed by atoms with Gasteiger partial charge in [0.15, 0.2) is 0 Å². The number of ether oxygens (including phenoxy) is 1. The first-order valence-corrected chi connectivity index (χ1v) is 7.18. The maximum atomic E-state index is 5.48. The third kappa shape index (κ3) is 4.89. The molecule has 0 aromatic carbocycles. The normalized spacial score (nSPS) is 14.2. The van der Waals surface area contributed by atoms with Crippen molar-refractivity contribution in [3.8, 4) is 6.01 Å². The summed E-state index contributed by atoms with van der Waals surface area (Å²) in [4.78, 5) is 12.8. The summed E-state index contributed by atoms with van der Waals surface area (Å²) in [7, 11) is 0.